The number of rotatable bonds is 6. The summed E-state index contributed by atoms with van der Waals surface area (Å²) in [5.74, 6) is 0. The third-order valence-electron chi connectivity index (χ3n) is 10.9. The zero-order chi connectivity index (χ0) is 36.3. The van der Waals surface area contributed by atoms with Crippen LogP contribution in [0.4, 0.5) is 17.1 Å². The molecule has 258 valence electrons. The van der Waals surface area contributed by atoms with Crippen molar-refractivity contribution in [2.75, 3.05) is 4.90 Å². The third kappa shape index (κ3) is 5.40. The fourth-order valence-electron chi connectivity index (χ4n) is 8.25. The normalized spacial score (nSPS) is 11.6. The number of anilines is 3. The Labute approximate surface area is 322 Å². The molecule has 9 aromatic carbocycles. The predicted octanol–water partition coefficient (Wildman–Crippen LogP) is 15.6. The van der Waals surface area contributed by atoms with Crippen molar-refractivity contribution in [3.63, 3.8) is 0 Å². The lowest BCUT2D eigenvalue weighted by atomic mass is 9.96. The summed E-state index contributed by atoms with van der Waals surface area (Å²) in [5.41, 5.74) is 12.1. The summed E-state index contributed by atoms with van der Waals surface area (Å²) in [6, 6.07) is 72.4. The van der Waals surface area contributed by atoms with Crippen LogP contribution in [0.25, 0.3) is 86.3 Å². The molecule has 0 N–H and O–H groups in total. The van der Waals surface area contributed by atoms with Crippen LogP contribution in [-0.4, -0.2) is 0 Å². The van der Waals surface area contributed by atoms with Crippen molar-refractivity contribution in [1.82, 2.24) is 0 Å². The van der Waals surface area contributed by atoms with Crippen LogP contribution in [-0.2, 0) is 0 Å². The Bertz CT molecular complexity index is 3240. The van der Waals surface area contributed by atoms with E-state index in [4.69, 9.17) is 4.42 Å². The monoisotopic (exact) mass is 719 g/mol. The van der Waals surface area contributed by atoms with Gasteiger partial charge >= 0.3 is 0 Å². The SMILES string of the molecule is c1cc(-c2ccc3c(c2)sc2ccccc23)cc(N(c2cccc(-c3cccc4ccccc34)c2)c2ccccc2-c2ccc3oc4ccccc4c3c2)c1. The maximum absolute atomic E-state index is 6.23. The van der Waals surface area contributed by atoms with Crippen LogP contribution in [0.15, 0.2) is 205 Å². The molecule has 0 atom stereocenters. The number of thiophene rings is 1. The lowest BCUT2D eigenvalue weighted by molar-refractivity contribution is 0.669. The first-order valence-electron chi connectivity index (χ1n) is 18.7. The number of hydrogen-bond donors (Lipinski definition) is 0. The number of para-hydroxylation sites is 2. The van der Waals surface area contributed by atoms with E-state index < -0.39 is 0 Å². The van der Waals surface area contributed by atoms with Gasteiger partial charge in [0.1, 0.15) is 11.2 Å². The van der Waals surface area contributed by atoms with Crippen LogP contribution in [0.3, 0.4) is 0 Å². The molecule has 2 aromatic heterocycles. The van der Waals surface area contributed by atoms with E-state index in [1.165, 1.54) is 53.2 Å². The Morgan fingerprint density at radius 2 is 0.945 bits per heavy atom. The van der Waals surface area contributed by atoms with Crippen LogP contribution < -0.4 is 4.90 Å². The van der Waals surface area contributed by atoms with E-state index in [2.05, 4.69) is 193 Å². The first kappa shape index (κ1) is 31.6. The molecule has 0 saturated carbocycles. The van der Waals surface area contributed by atoms with Gasteiger partial charge in [0.2, 0.25) is 0 Å². The van der Waals surface area contributed by atoms with E-state index >= 15 is 0 Å². The predicted molar refractivity (Wildman–Crippen MR) is 235 cm³/mol. The molecule has 11 rings (SSSR count). The Hall–Kier alpha value is -6.94. The van der Waals surface area contributed by atoms with Gasteiger partial charge in [-0.2, -0.15) is 0 Å². The molecule has 2 heterocycles. The molecular weight excluding hydrogens is 687 g/mol. The molecule has 0 bridgehead atoms. The third-order valence-corrected chi connectivity index (χ3v) is 12.0. The van der Waals surface area contributed by atoms with Crippen LogP contribution in [0.1, 0.15) is 0 Å². The number of fused-ring (bicyclic) bond motifs is 7. The number of hydrogen-bond acceptors (Lipinski definition) is 3. The summed E-state index contributed by atoms with van der Waals surface area (Å²) < 4.78 is 8.86. The van der Waals surface area contributed by atoms with Gasteiger partial charge in [-0.1, -0.05) is 140 Å². The second kappa shape index (κ2) is 12.9. The Morgan fingerprint density at radius 1 is 0.345 bits per heavy atom. The topological polar surface area (TPSA) is 16.4 Å². The van der Waals surface area contributed by atoms with Crippen molar-refractivity contribution >= 4 is 81.3 Å². The molecule has 11 aromatic rings. The number of furan rings is 1. The van der Waals surface area contributed by atoms with Gasteiger partial charge < -0.3 is 9.32 Å². The highest BCUT2D eigenvalue weighted by atomic mass is 32.1. The van der Waals surface area contributed by atoms with E-state index in [-0.39, 0.29) is 0 Å². The highest BCUT2D eigenvalue weighted by molar-refractivity contribution is 7.25. The summed E-state index contributed by atoms with van der Waals surface area (Å²) in [4.78, 5) is 2.42. The minimum absolute atomic E-state index is 0.894. The maximum atomic E-state index is 6.23. The van der Waals surface area contributed by atoms with Crippen molar-refractivity contribution in [2.24, 2.45) is 0 Å². The van der Waals surface area contributed by atoms with E-state index in [1.54, 1.807) is 0 Å². The Balaban J connectivity index is 1.10. The van der Waals surface area contributed by atoms with Crippen molar-refractivity contribution < 1.29 is 4.42 Å². The van der Waals surface area contributed by atoms with Crippen molar-refractivity contribution in [2.45, 2.75) is 0 Å². The first-order valence-corrected chi connectivity index (χ1v) is 19.5. The highest BCUT2D eigenvalue weighted by Gasteiger charge is 2.20. The van der Waals surface area contributed by atoms with Crippen LogP contribution in [0.2, 0.25) is 0 Å². The van der Waals surface area contributed by atoms with Gasteiger partial charge in [0.15, 0.2) is 0 Å². The van der Waals surface area contributed by atoms with E-state index in [9.17, 15) is 0 Å². The Kier molecular flexibility index (Phi) is 7.39. The summed E-state index contributed by atoms with van der Waals surface area (Å²) in [5, 5.41) is 7.35. The summed E-state index contributed by atoms with van der Waals surface area (Å²) in [6.45, 7) is 0. The smallest absolute Gasteiger partial charge is 0.135 e. The molecule has 0 aliphatic heterocycles. The molecular formula is C52H33NOS. The van der Waals surface area contributed by atoms with Gasteiger partial charge in [0.25, 0.3) is 0 Å². The van der Waals surface area contributed by atoms with Crippen molar-refractivity contribution in [1.29, 1.82) is 0 Å². The molecule has 2 nitrogen and oxygen atoms in total. The molecule has 0 aliphatic rings. The van der Waals surface area contributed by atoms with E-state index in [0.717, 1.165) is 50.1 Å². The molecule has 0 aliphatic carbocycles. The zero-order valence-corrected chi connectivity index (χ0v) is 30.6. The molecule has 0 amide bonds. The van der Waals surface area contributed by atoms with Crippen LogP contribution in [0, 0.1) is 0 Å². The molecule has 0 fully saturated rings. The fourth-order valence-corrected chi connectivity index (χ4v) is 9.40. The second-order valence-corrected chi connectivity index (χ2v) is 15.2. The van der Waals surface area contributed by atoms with E-state index in [0.29, 0.717) is 0 Å². The second-order valence-electron chi connectivity index (χ2n) is 14.1. The standard InChI is InChI=1S/C52H33NOS/c1-2-18-41-34(12-1)13-11-22-42(41)37-15-10-17-40(31-37)53(39-16-9-14-35(30-39)36-26-28-46-45-21-5-8-25-51(45)55-52(46)33-36)48-23-6-3-19-43(48)38-27-29-50-47(32-38)44-20-4-7-24-49(44)54-50/h1-33H. The Morgan fingerprint density at radius 3 is 1.85 bits per heavy atom. The average molecular weight is 720 g/mol. The average Bonchev–Trinajstić information content (AvgIpc) is 3.82. The van der Waals surface area contributed by atoms with Gasteiger partial charge in [-0.15, -0.1) is 11.3 Å². The molecule has 0 radical (unpaired) electrons. The van der Waals surface area contributed by atoms with Gasteiger partial charge in [0.05, 0.1) is 5.69 Å². The molecule has 0 unspecified atom stereocenters. The largest absolute Gasteiger partial charge is 0.456 e. The number of nitrogens with zero attached hydrogens (tertiary/aromatic N) is 1. The van der Waals surface area contributed by atoms with Crippen molar-refractivity contribution in [3.8, 4) is 33.4 Å². The van der Waals surface area contributed by atoms with Gasteiger partial charge in [-0.05, 0) is 99.3 Å². The quantitative estimate of drug-likeness (QED) is 0.170. The van der Waals surface area contributed by atoms with Crippen LogP contribution >= 0.6 is 11.3 Å². The van der Waals surface area contributed by atoms with Crippen molar-refractivity contribution in [3.05, 3.63) is 200 Å². The number of benzene rings is 9. The lowest BCUT2D eigenvalue weighted by Gasteiger charge is -2.29. The van der Waals surface area contributed by atoms with Gasteiger partial charge in [-0.25, -0.2) is 0 Å². The van der Waals surface area contributed by atoms with Gasteiger partial charge in [0, 0.05) is 47.9 Å². The first-order chi connectivity index (χ1) is 27.2. The summed E-state index contributed by atoms with van der Waals surface area (Å²) in [6.07, 6.45) is 0. The zero-order valence-electron chi connectivity index (χ0n) is 29.8. The summed E-state index contributed by atoms with van der Waals surface area (Å²) >= 11 is 1.86. The minimum atomic E-state index is 0.894. The van der Waals surface area contributed by atoms with Gasteiger partial charge in [-0.3, -0.25) is 0 Å². The molecule has 3 heteroatoms. The molecule has 0 spiro atoms. The van der Waals surface area contributed by atoms with E-state index in [1.807, 2.05) is 23.5 Å². The molecule has 0 saturated heterocycles. The minimum Gasteiger partial charge on any atom is -0.456 e. The molecule has 55 heavy (non-hydrogen) atoms. The van der Waals surface area contributed by atoms with Crippen LogP contribution in [0.5, 0.6) is 0 Å². The summed E-state index contributed by atoms with van der Waals surface area (Å²) in [7, 11) is 0. The lowest BCUT2D eigenvalue weighted by Crippen LogP contribution is -2.11. The highest BCUT2D eigenvalue weighted by Crippen LogP contribution is 2.45. The fraction of sp³-hybridized carbons (Fsp3) is 0. The maximum Gasteiger partial charge on any atom is 0.135 e.